The number of para-hydroxylation sites is 1. The van der Waals surface area contributed by atoms with E-state index in [2.05, 4.69) is 26.3 Å². The number of carbonyl (C=O) groups is 1. The number of rotatable bonds is 4. The Balaban J connectivity index is 1.72. The van der Waals surface area contributed by atoms with Crippen molar-refractivity contribution in [2.75, 3.05) is 10.3 Å². The molecule has 1 aliphatic rings. The molecule has 0 saturated heterocycles. The van der Waals surface area contributed by atoms with E-state index in [-0.39, 0.29) is 5.91 Å². The molecule has 0 aromatic heterocycles. The molecular formula is C22H16BrN3O. The van der Waals surface area contributed by atoms with E-state index in [0.29, 0.717) is 11.3 Å². The van der Waals surface area contributed by atoms with Crippen LogP contribution < -0.4 is 10.3 Å². The Morgan fingerprint density at radius 2 is 1.48 bits per heavy atom. The highest BCUT2D eigenvalue weighted by Gasteiger charge is 2.31. The first-order valence-corrected chi connectivity index (χ1v) is 9.28. The standard InChI is InChI=1S/C22H16BrN3O/c23-17-11-13-18(14-12-17)24-15-20-21(16-7-3-1-4-8-16)25-26(22(20)27)19-9-5-2-6-10-19/h1-15,24H/b20-15-. The summed E-state index contributed by atoms with van der Waals surface area (Å²) in [4.78, 5) is 13.1. The van der Waals surface area contributed by atoms with Crippen LogP contribution in [0.2, 0.25) is 0 Å². The van der Waals surface area contributed by atoms with Crippen molar-refractivity contribution in [2.45, 2.75) is 0 Å². The smallest absolute Gasteiger partial charge is 0.282 e. The van der Waals surface area contributed by atoms with Crippen molar-refractivity contribution < 1.29 is 4.79 Å². The van der Waals surface area contributed by atoms with Gasteiger partial charge in [-0.05, 0) is 36.4 Å². The number of hydrogen-bond acceptors (Lipinski definition) is 3. The van der Waals surface area contributed by atoms with Crippen molar-refractivity contribution >= 4 is 38.9 Å². The van der Waals surface area contributed by atoms with Gasteiger partial charge in [0.25, 0.3) is 5.91 Å². The fourth-order valence-corrected chi connectivity index (χ4v) is 3.06. The Bertz CT molecular complexity index is 1010. The number of nitrogens with zero attached hydrogens (tertiary/aromatic N) is 2. The normalized spacial score (nSPS) is 15.1. The first-order valence-electron chi connectivity index (χ1n) is 8.48. The van der Waals surface area contributed by atoms with Crippen molar-refractivity contribution in [3.05, 3.63) is 107 Å². The lowest BCUT2D eigenvalue weighted by molar-refractivity contribution is -0.114. The molecular weight excluding hydrogens is 402 g/mol. The van der Waals surface area contributed by atoms with Crippen molar-refractivity contribution in [1.29, 1.82) is 0 Å². The number of amides is 1. The summed E-state index contributed by atoms with van der Waals surface area (Å²) < 4.78 is 0.999. The fraction of sp³-hybridized carbons (Fsp3) is 0. The molecule has 0 spiro atoms. The van der Waals surface area contributed by atoms with E-state index in [1.54, 1.807) is 6.20 Å². The van der Waals surface area contributed by atoms with Crippen LogP contribution in [0.25, 0.3) is 0 Å². The molecule has 1 heterocycles. The van der Waals surface area contributed by atoms with Crippen LogP contribution in [0, 0.1) is 0 Å². The highest BCUT2D eigenvalue weighted by molar-refractivity contribution is 9.10. The van der Waals surface area contributed by atoms with E-state index in [1.807, 2.05) is 84.9 Å². The lowest BCUT2D eigenvalue weighted by atomic mass is 10.0. The van der Waals surface area contributed by atoms with E-state index in [0.717, 1.165) is 21.4 Å². The largest absolute Gasteiger partial charge is 0.361 e. The van der Waals surface area contributed by atoms with Gasteiger partial charge >= 0.3 is 0 Å². The maximum atomic E-state index is 13.1. The zero-order chi connectivity index (χ0) is 18.6. The maximum absolute atomic E-state index is 13.1. The molecule has 4 nitrogen and oxygen atoms in total. The Morgan fingerprint density at radius 1 is 0.852 bits per heavy atom. The second-order valence-corrected chi connectivity index (χ2v) is 6.89. The molecule has 1 N–H and O–H groups in total. The minimum Gasteiger partial charge on any atom is -0.361 e. The van der Waals surface area contributed by atoms with Gasteiger partial charge in [0.1, 0.15) is 5.71 Å². The van der Waals surface area contributed by atoms with Gasteiger partial charge in [-0.15, -0.1) is 0 Å². The van der Waals surface area contributed by atoms with E-state index in [4.69, 9.17) is 0 Å². The molecule has 1 aliphatic heterocycles. The summed E-state index contributed by atoms with van der Waals surface area (Å²) in [5.41, 5.74) is 3.70. The lowest BCUT2D eigenvalue weighted by Gasteiger charge is -2.11. The molecule has 132 valence electrons. The third kappa shape index (κ3) is 3.68. The number of halogens is 1. The van der Waals surface area contributed by atoms with Gasteiger partial charge in [-0.2, -0.15) is 10.1 Å². The molecule has 0 radical (unpaired) electrons. The van der Waals surface area contributed by atoms with Crippen LogP contribution >= 0.6 is 15.9 Å². The highest BCUT2D eigenvalue weighted by atomic mass is 79.9. The van der Waals surface area contributed by atoms with Crippen LogP contribution in [0.3, 0.4) is 0 Å². The zero-order valence-electron chi connectivity index (χ0n) is 14.3. The first kappa shape index (κ1) is 17.2. The second kappa shape index (κ2) is 7.60. The lowest BCUT2D eigenvalue weighted by Crippen LogP contribution is -2.21. The molecule has 0 saturated carbocycles. The second-order valence-electron chi connectivity index (χ2n) is 5.98. The summed E-state index contributed by atoms with van der Waals surface area (Å²) in [7, 11) is 0. The summed E-state index contributed by atoms with van der Waals surface area (Å²) in [6, 6.07) is 26.9. The summed E-state index contributed by atoms with van der Waals surface area (Å²) in [6.07, 6.45) is 1.72. The van der Waals surface area contributed by atoms with Crippen molar-refractivity contribution in [2.24, 2.45) is 5.10 Å². The predicted octanol–water partition coefficient (Wildman–Crippen LogP) is 5.20. The Labute approximate surface area is 166 Å². The number of anilines is 2. The highest BCUT2D eigenvalue weighted by Crippen LogP contribution is 2.26. The number of carbonyl (C=O) groups excluding carboxylic acids is 1. The minimum atomic E-state index is -0.162. The summed E-state index contributed by atoms with van der Waals surface area (Å²) in [5.74, 6) is -0.162. The summed E-state index contributed by atoms with van der Waals surface area (Å²) in [5, 5.41) is 9.25. The van der Waals surface area contributed by atoms with Crippen LogP contribution in [0.4, 0.5) is 11.4 Å². The van der Waals surface area contributed by atoms with Gasteiger partial charge in [0.05, 0.1) is 11.3 Å². The molecule has 0 atom stereocenters. The summed E-state index contributed by atoms with van der Waals surface area (Å²) in [6.45, 7) is 0. The SMILES string of the molecule is O=C1/C(=C\Nc2ccc(Br)cc2)C(c2ccccc2)=NN1c1ccccc1. The van der Waals surface area contributed by atoms with E-state index >= 15 is 0 Å². The van der Waals surface area contributed by atoms with Crippen LogP contribution in [0.15, 0.2) is 106 Å². The number of benzene rings is 3. The number of hydrogen-bond donors (Lipinski definition) is 1. The van der Waals surface area contributed by atoms with Gasteiger partial charge in [-0.1, -0.05) is 64.5 Å². The molecule has 1 amide bonds. The average molecular weight is 418 g/mol. The van der Waals surface area contributed by atoms with Gasteiger partial charge in [0, 0.05) is 21.9 Å². The van der Waals surface area contributed by atoms with Crippen LogP contribution in [0.5, 0.6) is 0 Å². The Morgan fingerprint density at radius 3 is 2.15 bits per heavy atom. The predicted molar refractivity (Wildman–Crippen MR) is 113 cm³/mol. The molecule has 0 bridgehead atoms. The molecule has 0 unspecified atom stereocenters. The zero-order valence-corrected chi connectivity index (χ0v) is 15.9. The van der Waals surface area contributed by atoms with Gasteiger partial charge in [-0.3, -0.25) is 4.79 Å². The third-order valence-corrected chi connectivity index (χ3v) is 4.68. The van der Waals surface area contributed by atoms with Gasteiger partial charge < -0.3 is 5.32 Å². The first-order chi connectivity index (χ1) is 13.2. The van der Waals surface area contributed by atoms with Crippen LogP contribution in [-0.2, 0) is 4.79 Å². The third-order valence-electron chi connectivity index (χ3n) is 4.15. The molecule has 27 heavy (non-hydrogen) atoms. The van der Waals surface area contributed by atoms with Crippen molar-refractivity contribution in [3.8, 4) is 0 Å². The fourth-order valence-electron chi connectivity index (χ4n) is 2.80. The van der Waals surface area contributed by atoms with E-state index in [9.17, 15) is 4.79 Å². The molecule has 0 fully saturated rings. The maximum Gasteiger partial charge on any atom is 0.282 e. The molecule has 5 heteroatoms. The summed E-state index contributed by atoms with van der Waals surface area (Å²) >= 11 is 3.42. The quantitative estimate of drug-likeness (QED) is 0.593. The molecule has 3 aromatic rings. The van der Waals surface area contributed by atoms with E-state index in [1.165, 1.54) is 5.01 Å². The Hall–Kier alpha value is -3.18. The van der Waals surface area contributed by atoms with Gasteiger partial charge in [0.2, 0.25) is 0 Å². The molecule has 3 aromatic carbocycles. The number of hydrazone groups is 1. The number of nitrogens with one attached hydrogen (secondary N) is 1. The van der Waals surface area contributed by atoms with Gasteiger partial charge in [0.15, 0.2) is 0 Å². The minimum absolute atomic E-state index is 0.162. The van der Waals surface area contributed by atoms with Crippen molar-refractivity contribution in [1.82, 2.24) is 0 Å². The molecule has 4 rings (SSSR count). The molecule has 0 aliphatic carbocycles. The van der Waals surface area contributed by atoms with Gasteiger partial charge in [-0.25, -0.2) is 0 Å². The van der Waals surface area contributed by atoms with Crippen molar-refractivity contribution in [3.63, 3.8) is 0 Å². The monoisotopic (exact) mass is 417 g/mol. The Kier molecular flexibility index (Phi) is 4.85. The average Bonchev–Trinajstić information content (AvgIpc) is 3.05. The van der Waals surface area contributed by atoms with E-state index < -0.39 is 0 Å². The topological polar surface area (TPSA) is 44.7 Å². The van der Waals surface area contributed by atoms with Crippen LogP contribution in [0.1, 0.15) is 5.56 Å². The van der Waals surface area contributed by atoms with Crippen LogP contribution in [-0.4, -0.2) is 11.6 Å².